The highest BCUT2D eigenvalue weighted by Gasteiger charge is 2.33. The Morgan fingerprint density at radius 1 is 1.39 bits per heavy atom. The summed E-state index contributed by atoms with van der Waals surface area (Å²) in [5, 5.41) is 5.58. The molecule has 1 aliphatic rings. The van der Waals surface area contributed by atoms with E-state index in [1.54, 1.807) is 13.8 Å². The van der Waals surface area contributed by atoms with E-state index < -0.39 is 12.0 Å². The van der Waals surface area contributed by atoms with Crippen LogP contribution in [0.15, 0.2) is 40.0 Å². The van der Waals surface area contributed by atoms with Gasteiger partial charge in [0.05, 0.1) is 17.7 Å². The predicted octanol–water partition coefficient (Wildman–Crippen LogP) is 3.81. The van der Waals surface area contributed by atoms with Crippen molar-refractivity contribution in [1.82, 2.24) is 10.6 Å². The van der Waals surface area contributed by atoms with Crippen molar-refractivity contribution in [3.05, 3.63) is 45.6 Å². The predicted molar refractivity (Wildman–Crippen MR) is 91.7 cm³/mol. The Labute approximate surface area is 144 Å². The number of urea groups is 1. The van der Waals surface area contributed by atoms with Crippen molar-refractivity contribution in [2.75, 3.05) is 0 Å². The molecule has 0 fully saturated rings. The third-order valence-corrected chi connectivity index (χ3v) is 3.89. The first-order chi connectivity index (χ1) is 10.9. The lowest BCUT2D eigenvalue weighted by Crippen LogP contribution is -2.46. The smallest absolute Gasteiger partial charge is 0.338 e. The molecular weight excluding hydrogens is 360 g/mol. The van der Waals surface area contributed by atoms with Crippen molar-refractivity contribution < 1.29 is 14.3 Å². The molecule has 0 aliphatic carbocycles. The number of halogens is 1. The summed E-state index contributed by atoms with van der Waals surface area (Å²) in [5.41, 5.74) is 1.93. The van der Waals surface area contributed by atoms with Gasteiger partial charge in [-0.3, -0.25) is 0 Å². The number of hydrogen-bond acceptors (Lipinski definition) is 3. The maximum Gasteiger partial charge on any atom is 0.338 e. The number of carbonyl (C=O) groups is 2. The van der Waals surface area contributed by atoms with E-state index >= 15 is 0 Å². The van der Waals surface area contributed by atoms with Crippen LogP contribution in [0.25, 0.3) is 0 Å². The van der Waals surface area contributed by atoms with Gasteiger partial charge in [0.1, 0.15) is 0 Å². The molecule has 0 radical (unpaired) electrons. The van der Waals surface area contributed by atoms with Crippen LogP contribution in [0.4, 0.5) is 4.79 Å². The summed E-state index contributed by atoms with van der Waals surface area (Å²) in [7, 11) is 0. The van der Waals surface area contributed by atoms with E-state index in [9.17, 15) is 9.59 Å². The molecule has 0 aromatic heterocycles. The number of rotatable bonds is 5. The minimum absolute atomic E-state index is 0.223. The normalized spacial score (nSPS) is 17.8. The fourth-order valence-corrected chi connectivity index (χ4v) is 2.94. The van der Waals surface area contributed by atoms with Crippen LogP contribution in [0.2, 0.25) is 0 Å². The van der Waals surface area contributed by atoms with E-state index in [0.29, 0.717) is 17.7 Å². The van der Waals surface area contributed by atoms with E-state index in [4.69, 9.17) is 4.74 Å². The third-order valence-electron chi connectivity index (χ3n) is 3.40. The van der Waals surface area contributed by atoms with Crippen LogP contribution in [0.5, 0.6) is 0 Å². The number of hydrogen-bond donors (Lipinski definition) is 2. The maximum absolute atomic E-state index is 12.6. The molecule has 1 heterocycles. The van der Waals surface area contributed by atoms with Crippen LogP contribution in [0.3, 0.4) is 0 Å². The first-order valence-corrected chi connectivity index (χ1v) is 8.48. The van der Waals surface area contributed by atoms with E-state index in [1.165, 1.54) is 0 Å². The second-order valence-corrected chi connectivity index (χ2v) is 6.60. The number of ether oxygens (including phenoxy) is 1. The van der Waals surface area contributed by atoms with Crippen LogP contribution in [0.1, 0.15) is 45.2 Å². The largest absolute Gasteiger partial charge is 0.459 e. The van der Waals surface area contributed by atoms with E-state index in [1.807, 2.05) is 31.2 Å². The zero-order valence-corrected chi connectivity index (χ0v) is 15.1. The Kier molecular flexibility index (Phi) is 5.82. The lowest BCUT2D eigenvalue weighted by atomic mass is 9.94. The summed E-state index contributed by atoms with van der Waals surface area (Å²) in [4.78, 5) is 24.6. The molecule has 2 rings (SSSR count). The molecule has 1 aromatic rings. The molecule has 23 heavy (non-hydrogen) atoms. The summed E-state index contributed by atoms with van der Waals surface area (Å²) >= 11 is 3.43. The molecule has 2 amide bonds. The average Bonchev–Trinajstić information content (AvgIpc) is 2.46. The molecule has 1 atom stereocenters. The molecule has 1 unspecified atom stereocenters. The van der Waals surface area contributed by atoms with Gasteiger partial charge in [-0.25, -0.2) is 9.59 Å². The van der Waals surface area contributed by atoms with Crippen LogP contribution >= 0.6 is 15.9 Å². The number of carbonyl (C=O) groups excluding carboxylic acids is 2. The number of nitrogens with one attached hydrogen (secondary N) is 2. The van der Waals surface area contributed by atoms with Gasteiger partial charge in [-0.2, -0.15) is 0 Å². The van der Waals surface area contributed by atoms with Crippen LogP contribution in [0, 0.1) is 0 Å². The molecule has 6 heteroatoms. The van der Waals surface area contributed by atoms with Gasteiger partial charge in [0.2, 0.25) is 0 Å². The Hall–Kier alpha value is -1.82. The van der Waals surface area contributed by atoms with Crippen molar-refractivity contribution in [1.29, 1.82) is 0 Å². The fraction of sp³-hybridized carbons (Fsp3) is 0.412. The molecule has 0 spiro atoms. The first-order valence-electron chi connectivity index (χ1n) is 7.69. The number of esters is 1. The van der Waals surface area contributed by atoms with Gasteiger partial charge in [0.15, 0.2) is 0 Å². The molecule has 1 aliphatic heterocycles. The second-order valence-electron chi connectivity index (χ2n) is 5.68. The van der Waals surface area contributed by atoms with Gasteiger partial charge in [0.25, 0.3) is 0 Å². The molecule has 0 saturated heterocycles. The lowest BCUT2D eigenvalue weighted by Gasteiger charge is -2.30. The first kappa shape index (κ1) is 17.5. The molecule has 5 nitrogen and oxygen atoms in total. The SMILES string of the molecule is CCCC1=C(C(=O)OC(C)C)C(c2cccc(Br)c2)NC(=O)N1. The van der Waals surface area contributed by atoms with Crippen molar-refractivity contribution in [2.24, 2.45) is 0 Å². The quantitative estimate of drug-likeness (QED) is 0.763. The summed E-state index contributed by atoms with van der Waals surface area (Å²) < 4.78 is 6.27. The summed E-state index contributed by atoms with van der Waals surface area (Å²) in [6, 6.07) is 6.72. The van der Waals surface area contributed by atoms with Crippen LogP contribution in [-0.2, 0) is 9.53 Å². The van der Waals surface area contributed by atoms with E-state index in [0.717, 1.165) is 16.5 Å². The molecular formula is C17H21BrN2O3. The van der Waals surface area contributed by atoms with Gasteiger partial charge in [-0.1, -0.05) is 41.4 Å². The Morgan fingerprint density at radius 3 is 2.74 bits per heavy atom. The summed E-state index contributed by atoms with van der Waals surface area (Å²) in [6.45, 7) is 5.61. The minimum atomic E-state index is -0.519. The highest BCUT2D eigenvalue weighted by molar-refractivity contribution is 9.10. The number of amides is 2. The molecule has 2 N–H and O–H groups in total. The average molecular weight is 381 g/mol. The van der Waals surface area contributed by atoms with E-state index in [2.05, 4.69) is 26.6 Å². The van der Waals surface area contributed by atoms with Gasteiger partial charge < -0.3 is 15.4 Å². The summed E-state index contributed by atoms with van der Waals surface area (Å²) in [6.07, 6.45) is 1.21. The summed E-state index contributed by atoms with van der Waals surface area (Å²) in [5.74, 6) is -0.402. The Bertz CT molecular complexity index is 640. The zero-order chi connectivity index (χ0) is 17.0. The highest BCUT2D eigenvalue weighted by atomic mass is 79.9. The van der Waals surface area contributed by atoms with Gasteiger partial charge in [0, 0.05) is 10.2 Å². The number of benzene rings is 1. The third kappa shape index (κ3) is 4.34. The van der Waals surface area contributed by atoms with Crippen molar-refractivity contribution in [3.63, 3.8) is 0 Å². The van der Waals surface area contributed by atoms with Gasteiger partial charge in [-0.05, 0) is 38.0 Å². The van der Waals surface area contributed by atoms with Crippen molar-refractivity contribution >= 4 is 27.9 Å². The van der Waals surface area contributed by atoms with E-state index in [-0.39, 0.29) is 12.1 Å². The van der Waals surface area contributed by atoms with Crippen molar-refractivity contribution in [2.45, 2.75) is 45.8 Å². The molecule has 0 saturated carbocycles. The second kappa shape index (κ2) is 7.64. The van der Waals surface area contributed by atoms with Gasteiger partial charge in [-0.15, -0.1) is 0 Å². The Morgan fingerprint density at radius 2 is 2.13 bits per heavy atom. The Balaban J connectivity index is 2.49. The molecule has 1 aromatic carbocycles. The monoisotopic (exact) mass is 380 g/mol. The zero-order valence-electron chi connectivity index (χ0n) is 13.5. The lowest BCUT2D eigenvalue weighted by molar-refractivity contribution is -0.143. The van der Waals surface area contributed by atoms with Crippen molar-refractivity contribution in [3.8, 4) is 0 Å². The maximum atomic E-state index is 12.6. The molecule has 0 bridgehead atoms. The fourth-order valence-electron chi connectivity index (χ4n) is 2.52. The standard InChI is InChI=1S/C17H21BrN2O3/c1-4-6-13-14(16(21)23-10(2)3)15(20-17(22)19-13)11-7-5-8-12(18)9-11/h5,7-10,15H,4,6H2,1-3H3,(H2,19,20,22). The highest BCUT2D eigenvalue weighted by Crippen LogP contribution is 2.30. The number of allylic oxidation sites excluding steroid dienone is 1. The minimum Gasteiger partial charge on any atom is -0.459 e. The van der Waals surface area contributed by atoms with Gasteiger partial charge >= 0.3 is 12.0 Å². The van der Waals surface area contributed by atoms with Crippen LogP contribution < -0.4 is 10.6 Å². The molecule has 124 valence electrons. The topological polar surface area (TPSA) is 67.4 Å². The van der Waals surface area contributed by atoms with Crippen LogP contribution in [-0.4, -0.2) is 18.1 Å².